The molecule has 0 saturated heterocycles. The van der Waals surface area contributed by atoms with Gasteiger partial charge < -0.3 is 0 Å². The molecule has 6 heteroatoms. The minimum atomic E-state index is -4.49. The Labute approximate surface area is 115 Å². The summed E-state index contributed by atoms with van der Waals surface area (Å²) in [5.74, 6) is 0. The number of benzene rings is 1. The van der Waals surface area contributed by atoms with Gasteiger partial charge >= 0.3 is 6.18 Å². The van der Waals surface area contributed by atoms with Gasteiger partial charge in [0.1, 0.15) is 0 Å². The van der Waals surface area contributed by atoms with E-state index in [-0.39, 0.29) is 16.8 Å². The van der Waals surface area contributed by atoms with E-state index in [0.717, 1.165) is 6.07 Å². The van der Waals surface area contributed by atoms with E-state index in [9.17, 15) is 13.2 Å². The summed E-state index contributed by atoms with van der Waals surface area (Å²) in [4.78, 5) is 3.79. The zero-order chi connectivity index (χ0) is 14.0. The monoisotopic (exact) mass is 326 g/mol. The van der Waals surface area contributed by atoms with Gasteiger partial charge in [-0.3, -0.25) is 4.98 Å². The van der Waals surface area contributed by atoms with Gasteiger partial charge in [-0.15, -0.1) is 0 Å². The van der Waals surface area contributed by atoms with E-state index in [0.29, 0.717) is 4.47 Å². The van der Waals surface area contributed by atoms with Crippen molar-refractivity contribution in [3.63, 3.8) is 0 Å². The summed E-state index contributed by atoms with van der Waals surface area (Å²) in [6, 6.07) is 8.51. The second-order valence-corrected chi connectivity index (χ2v) is 4.56. The van der Waals surface area contributed by atoms with Crippen LogP contribution in [0.25, 0.3) is 11.3 Å². The first kappa shape index (κ1) is 13.6. The second kappa shape index (κ2) is 5.02. The fourth-order valence-corrected chi connectivity index (χ4v) is 2.06. The lowest BCUT2D eigenvalue weighted by Crippen LogP contribution is -2.08. The third-order valence-electron chi connectivity index (χ3n) is 2.46. The Hall–Kier alpha value is -1.87. The van der Waals surface area contributed by atoms with Crippen LogP contribution in [0.4, 0.5) is 13.2 Å². The van der Waals surface area contributed by atoms with Crippen molar-refractivity contribution in [2.45, 2.75) is 6.18 Å². The van der Waals surface area contributed by atoms with Gasteiger partial charge in [0.25, 0.3) is 0 Å². The Balaban J connectivity index is 2.70. The maximum absolute atomic E-state index is 12.9. The SMILES string of the molecule is N#Cc1ccc(Br)c(-c2ncccc2C(F)(F)F)c1. The number of hydrogen-bond donors (Lipinski definition) is 0. The van der Waals surface area contributed by atoms with E-state index in [1.54, 1.807) is 0 Å². The highest BCUT2D eigenvalue weighted by molar-refractivity contribution is 9.10. The third-order valence-corrected chi connectivity index (χ3v) is 3.16. The fourth-order valence-electron chi connectivity index (χ4n) is 1.62. The standard InChI is InChI=1S/C13H6BrF3N2/c14-11-4-3-8(7-18)6-9(11)12-10(13(15,16)17)2-1-5-19-12/h1-6H. The van der Waals surface area contributed by atoms with Gasteiger partial charge in [-0.05, 0) is 30.3 Å². The number of hydrogen-bond acceptors (Lipinski definition) is 2. The highest BCUT2D eigenvalue weighted by Gasteiger charge is 2.34. The lowest BCUT2D eigenvalue weighted by Gasteiger charge is -2.12. The van der Waals surface area contributed by atoms with Crippen LogP contribution in [0.15, 0.2) is 41.0 Å². The zero-order valence-electron chi connectivity index (χ0n) is 9.37. The molecular formula is C13H6BrF3N2. The number of pyridine rings is 1. The molecule has 0 N–H and O–H groups in total. The molecule has 0 spiro atoms. The van der Waals surface area contributed by atoms with Gasteiger partial charge in [-0.25, -0.2) is 0 Å². The van der Waals surface area contributed by atoms with Crippen molar-refractivity contribution < 1.29 is 13.2 Å². The minimum absolute atomic E-state index is 0.195. The molecule has 96 valence electrons. The van der Waals surface area contributed by atoms with Gasteiger partial charge in [0, 0.05) is 16.2 Å². The molecule has 0 aliphatic carbocycles. The molecule has 2 rings (SSSR count). The van der Waals surface area contributed by atoms with Gasteiger partial charge in [-0.2, -0.15) is 18.4 Å². The highest BCUT2D eigenvalue weighted by Crippen LogP contribution is 2.38. The number of rotatable bonds is 1. The summed E-state index contributed by atoms with van der Waals surface area (Å²) in [6.07, 6.45) is -3.21. The number of nitriles is 1. The maximum atomic E-state index is 12.9. The summed E-state index contributed by atoms with van der Waals surface area (Å²) < 4.78 is 39.2. The molecule has 0 saturated carbocycles. The summed E-state index contributed by atoms with van der Waals surface area (Å²) >= 11 is 3.18. The molecule has 0 radical (unpaired) electrons. The number of aromatic nitrogens is 1. The minimum Gasteiger partial charge on any atom is -0.256 e. The quantitative estimate of drug-likeness (QED) is 0.778. The summed E-state index contributed by atoms with van der Waals surface area (Å²) in [7, 11) is 0. The first-order valence-corrected chi connectivity index (χ1v) is 5.95. The smallest absolute Gasteiger partial charge is 0.256 e. The summed E-state index contributed by atoms with van der Waals surface area (Å²) in [5, 5.41) is 8.82. The van der Waals surface area contributed by atoms with Crippen LogP contribution >= 0.6 is 15.9 Å². The summed E-state index contributed by atoms with van der Waals surface area (Å²) in [5.41, 5.74) is -0.506. The van der Waals surface area contributed by atoms with Crippen LogP contribution < -0.4 is 0 Å². The number of nitrogens with zero attached hydrogens (tertiary/aromatic N) is 2. The molecule has 0 aliphatic heterocycles. The summed E-state index contributed by atoms with van der Waals surface area (Å²) in [6.45, 7) is 0. The first-order chi connectivity index (χ1) is 8.93. The van der Waals surface area contributed by atoms with Crippen LogP contribution in [-0.2, 0) is 6.18 Å². The first-order valence-electron chi connectivity index (χ1n) is 5.15. The molecule has 1 aromatic heterocycles. The molecule has 1 aromatic carbocycles. The molecule has 19 heavy (non-hydrogen) atoms. The van der Waals surface area contributed by atoms with Crippen molar-refractivity contribution in [3.8, 4) is 17.3 Å². The average Bonchev–Trinajstić information content (AvgIpc) is 2.38. The van der Waals surface area contributed by atoms with Crippen molar-refractivity contribution in [2.75, 3.05) is 0 Å². The van der Waals surface area contributed by atoms with Crippen molar-refractivity contribution in [1.29, 1.82) is 5.26 Å². The van der Waals surface area contributed by atoms with Crippen LogP contribution in [-0.4, -0.2) is 4.98 Å². The lowest BCUT2D eigenvalue weighted by atomic mass is 10.0. The van der Waals surface area contributed by atoms with Crippen molar-refractivity contribution in [3.05, 3.63) is 52.1 Å². The van der Waals surface area contributed by atoms with Crippen molar-refractivity contribution >= 4 is 15.9 Å². The lowest BCUT2D eigenvalue weighted by molar-refractivity contribution is -0.137. The zero-order valence-corrected chi connectivity index (χ0v) is 11.0. The predicted octanol–water partition coefficient (Wildman–Crippen LogP) is 4.40. The Morgan fingerprint density at radius 1 is 1.21 bits per heavy atom. The molecule has 0 unspecified atom stereocenters. The Morgan fingerprint density at radius 2 is 1.95 bits per heavy atom. The Morgan fingerprint density at radius 3 is 2.58 bits per heavy atom. The predicted molar refractivity (Wildman–Crippen MR) is 67.1 cm³/mol. The van der Waals surface area contributed by atoms with E-state index >= 15 is 0 Å². The van der Waals surface area contributed by atoms with Gasteiger partial charge in [0.2, 0.25) is 0 Å². The molecule has 0 aliphatic rings. The molecule has 2 aromatic rings. The topological polar surface area (TPSA) is 36.7 Å². The second-order valence-electron chi connectivity index (χ2n) is 3.70. The molecule has 1 heterocycles. The van der Waals surface area contributed by atoms with E-state index in [1.165, 1.54) is 30.5 Å². The van der Waals surface area contributed by atoms with E-state index < -0.39 is 11.7 Å². The van der Waals surface area contributed by atoms with Crippen LogP contribution in [0.3, 0.4) is 0 Å². The van der Waals surface area contributed by atoms with Crippen LogP contribution in [0, 0.1) is 11.3 Å². The van der Waals surface area contributed by atoms with E-state index in [2.05, 4.69) is 20.9 Å². The van der Waals surface area contributed by atoms with Crippen LogP contribution in [0.2, 0.25) is 0 Å². The molecule has 0 fully saturated rings. The van der Waals surface area contributed by atoms with Gasteiger partial charge in [-0.1, -0.05) is 15.9 Å². The Bertz CT molecular complexity index is 660. The van der Waals surface area contributed by atoms with Crippen LogP contribution in [0.5, 0.6) is 0 Å². The fraction of sp³-hybridized carbons (Fsp3) is 0.0769. The van der Waals surface area contributed by atoms with Crippen LogP contribution in [0.1, 0.15) is 11.1 Å². The largest absolute Gasteiger partial charge is 0.418 e. The molecule has 0 atom stereocenters. The van der Waals surface area contributed by atoms with E-state index in [4.69, 9.17) is 5.26 Å². The average molecular weight is 327 g/mol. The van der Waals surface area contributed by atoms with Crippen molar-refractivity contribution in [2.24, 2.45) is 0 Å². The number of alkyl halides is 3. The Kier molecular flexibility index (Phi) is 3.58. The van der Waals surface area contributed by atoms with E-state index in [1.807, 2.05) is 6.07 Å². The van der Waals surface area contributed by atoms with Gasteiger partial charge in [0.15, 0.2) is 0 Å². The highest BCUT2D eigenvalue weighted by atomic mass is 79.9. The van der Waals surface area contributed by atoms with Gasteiger partial charge in [0.05, 0.1) is 22.9 Å². The third kappa shape index (κ3) is 2.76. The van der Waals surface area contributed by atoms with Crippen molar-refractivity contribution in [1.82, 2.24) is 4.98 Å². The molecule has 0 amide bonds. The molecular weight excluding hydrogens is 321 g/mol. The molecule has 2 nitrogen and oxygen atoms in total. The normalized spacial score (nSPS) is 11.1. The number of halogens is 4. The maximum Gasteiger partial charge on any atom is 0.418 e. The molecule has 0 bridgehead atoms.